The largest absolute Gasteiger partial charge is 0.451 e. The first kappa shape index (κ1) is 16.3. The molecule has 0 saturated carbocycles. The monoisotopic (exact) mass is 379 g/mol. The highest BCUT2D eigenvalue weighted by Gasteiger charge is 2.30. The maximum Gasteiger partial charge on any atom is 0.289 e. The van der Waals surface area contributed by atoms with Crippen LogP contribution in [0.5, 0.6) is 0 Å². The Hall–Kier alpha value is -2.93. The van der Waals surface area contributed by atoms with Gasteiger partial charge < -0.3 is 13.7 Å². The van der Waals surface area contributed by atoms with Crippen molar-refractivity contribution in [2.24, 2.45) is 0 Å². The van der Waals surface area contributed by atoms with Gasteiger partial charge in [-0.05, 0) is 36.4 Å². The maximum absolute atomic E-state index is 12.9. The van der Waals surface area contributed by atoms with Gasteiger partial charge in [-0.1, -0.05) is 24.3 Å². The van der Waals surface area contributed by atoms with Crippen LogP contribution in [0, 0.1) is 0 Å². The van der Waals surface area contributed by atoms with Gasteiger partial charge in [-0.3, -0.25) is 4.79 Å². The molecule has 27 heavy (non-hydrogen) atoms. The molecule has 1 aliphatic rings. The van der Waals surface area contributed by atoms with Gasteiger partial charge >= 0.3 is 0 Å². The SMILES string of the molecule is O=C(c1cc2ccccc2o1)N1CCCC(c2nnc(-c3cccs3)o2)C1. The molecule has 4 heterocycles. The molecule has 3 aromatic heterocycles. The van der Waals surface area contributed by atoms with Crippen molar-refractivity contribution in [2.45, 2.75) is 18.8 Å². The molecule has 1 saturated heterocycles. The zero-order chi connectivity index (χ0) is 18.2. The van der Waals surface area contributed by atoms with Gasteiger partial charge in [-0.25, -0.2) is 0 Å². The van der Waals surface area contributed by atoms with Crippen LogP contribution < -0.4 is 0 Å². The summed E-state index contributed by atoms with van der Waals surface area (Å²) in [6, 6.07) is 13.4. The molecule has 5 rings (SSSR count). The summed E-state index contributed by atoms with van der Waals surface area (Å²) in [6.07, 6.45) is 1.82. The first-order chi connectivity index (χ1) is 13.3. The number of furan rings is 1. The Balaban J connectivity index is 1.35. The van der Waals surface area contributed by atoms with Crippen LogP contribution in [0.2, 0.25) is 0 Å². The molecule has 6 nitrogen and oxygen atoms in total. The van der Waals surface area contributed by atoms with E-state index in [1.54, 1.807) is 11.3 Å². The van der Waals surface area contributed by atoms with Crippen LogP contribution in [0.3, 0.4) is 0 Å². The summed E-state index contributed by atoms with van der Waals surface area (Å²) >= 11 is 1.57. The van der Waals surface area contributed by atoms with Crippen LogP contribution in [-0.4, -0.2) is 34.1 Å². The van der Waals surface area contributed by atoms with Crippen LogP contribution in [0.15, 0.2) is 56.7 Å². The number of amides is 1. The molecule has 1 aromatic carbocycles. The highest BCUT2D eigenvalue weighted by Crippen LogP contribution is 2.31. The van der Waals surface area contributed by atoms with Gasteiger partial charge in [0.2, 0.25) is 5.89 Å². The van der Waals surface area contributed by atoms with Crippen LogP contribution >= 0.6 is 11.3 Å². The van der Waals surface area contributed by atoms with Crippen molar-refractivity contribution in [3.05, 3.63) is 59.5 Å². The summed E-state index contributed by atoms with van der Waals surface area (Å²) in [7, 11) is 0. The van der Waals surface area contributed by atoms with Crippen LogP contribution in [0.25, 0.3) is 21.7 Å². The van der Waals surface area contributed by atoms with Gasteiger partial charge in [0, 0.05) is 18.5 Å². The Bertz CT molecular complexity index is 1050. The second-order valence-electron chi connectivity index (χ2n) is 6.66. The number of fused-ring (bicyclic) bond motifs is 1. The summed E-state index contributed by atoms with van der Waals surface area (Å²) in [4.78, 5) is 15.7. The molecular formula is C20H17N3O3S. The summed E-state index contributed by atoms with van der Waals surface area (Å²) in [5.74, 6) is 1.48. The topological polar surface area (TPSA) is 72.4 Å². The average Bonchev–Trinajstić information content (AvgIpc) is 3.47. The molecule has 7 heteroatoms. The first-order valence-corrected chi connectivity index (χ1v) is 9.81. The quantitative estimate of drug-likeness (QED) is 0.522. The van der Waals surface area contributed by atoms with E-state index in [-0.39, 0.29) is 11.8 Å². The minimum Gasteiger partial charge on any atom is -0.451 e. The summed E-state index contributed by atoms with van der Waals surface area (Å²) < 4.78 is 11.6. The number of piperidine rings is 1. The summed E-state index contributed by atoms with van der Waals surface area (Å²) in [5, 5.41) is 11.3. The molecule has 0 spiro atoms. The second kappa shape index (κ2) is 6.66. The fourth-order valence-corrected chi connectivity index (χ4v) is 4.15. The van der Waals surface area contributed by atoms with E-state index in [2.05, 4.69) is 10.2 Å². The molecule has 0 bridgehead atoms. The van der Waals surface area contributed by atoms with E-state index in [9.17, 15) is 4.79 Å². The third-order valence-electron chi connectivity index (χ3n) is 4.87. The highest BCUT2D eigenvalue weighted by molar-refractivity contribution is 7.13. The third kappa shape index (κ3) is 3.04. The fraction of sp³-hybridized carbons (Fsp3) is 0.250. The number of nitrogens with zero attached hydrogens (tertiary/aromatic N) is 3. The molecule has 0 N–H and O–H groups in total. The van der Waals surface area contributed by atoms with Gasteiger partial charge in [0.1, 0.15) is 5.58 Å². The van der Waals surface area contributed by atoms with Crippen molar-refractivity contribution in [3.8, 4) is 10.8 Å². The number of carbonyl (C=O) groups is 1. The Labute approximate surface area is 159 Å². The predicted octanol–water partition coefficient (Wildman–Crippen LogP) is 4.56. The Morgan fingerprint density at radius 3 is 2.93 bits per heavy atom. The first-order valence-electron chi connectivity index (χ1n) is 8.93. The number of aromatic nitrogens is 2. The van der Waals surface area contributed by atoms with Gasteiger partial charge in [0.25, 0.3) is 11.8 Å². The van der Waals surface area contributed by atoms with Crippen molar-refractivity contribution >= 4 is 28.2 Å². The lowest BCUT2D eigenvalue weighted by atomic mass is 9.98. The van der Waals surface area contributed by atoms with Crippen LogP contribution in [-0.2, 0) is 0 Å². The minimum absolute atomic E-state index is 0.0493. The number of carbonyl (C=O) groups excluding carboxylic acids is 1. The third-order valence-corrected chi connectivity index (χ3v) is 5.72. The van der Waals surface area contributed by atoms with Gasteiger partial charge in [0.05, 0.1) is 10.8 Å². The Morgan fingerprint density at radius 1 is 1.15 bits per heavy atom. The molecule has 0 aliphatic carbocycles. The predicted molar refractivity (Wildman–Crippen MR) is 102 cm³/mol. The van der Waals surface area contributed by atoms with E-state index in [0.29, 0.717) is 30.6 Å². The van der Waals surface area contributed by atoms with Crippen molar-refractivity contribution in [1.29, 1.82) is 0 Å². The Kier molecular flexibility index (Phi) is 4.01. The zero-order valence-electron chi connectivity index (χ0n) is 14.5. The van der Waals surface area contributed by atoms with E-state index >= 15 is 0 Å². The minimum atomic E-state index is -0.0890. The lowest BCUT2D eigenvalue weighted by Gasteiger charge is -2.30. The highest BCUT2D eigenvalue weighted by atomic mass is 32.1. The van der Waals surface area contributed by atoms with Crippen molar-refractivity contribution in [2.75, 3.05) is 13.1 Å². The maximum atomic E-state index is 12.9. The molecule has 1 fully saturated rings. The van der Waals surface area contributed by atoms with Gasteiger partial charge in [0.15, 0.2) is 5.76 Å². The van der Waals surface area contributed by atoms with Gasteiger partial charge in [-0.2, -0.15) is 0 Å². The number of hydrogen-bond acceptors (Lipinski definition) is 6. The van der Waals surface area contributed by atoms with E-state index in [0.717, 1.165) is 28.7 Å². The molecule has 136 valence electrons. The standard InChI is InChI=1S/C20H17N3O3S/c24-20(16-11-13-5-1-2-7-15(13)25-16)23-9-3-6-14(12-23)18-21-22-19(26-18)17-8-4-10-27-17/h1-2,4-5,7-8,10-11,14H,3,6,9,12H2. The van der Waals surface area contributed by atoms with E-state index in [1.807, 2.05) is 52.7 Å². The van der Waals surface area contributed by atoms with E-state index in [1.165, 1.54) is 0 Å². The molecule has 4 aromatic rings. The van der Waals surface area contributed by atoms with Crippen LogP contribution in [0.4, 0.5) is 0 Å². The average molecular weight is 379 g/mol. The van der Waals surface area contributed by atoms with Crippen molar-refractivity contribution in [1.82, 2.24) is 15.1 Å². The number of para-hydroxylation sites is 1. The number of rotatable bonds is 3. The lowest BCUT2D eigenvalue weighted by molar-refractivity contribution is 0.0668. The van der Waals surface area contributed by atoms with E-state index < -0.39 is 0 Å². The molecular weight excluding hydrogens is 362 g/mol. The van der Waals surface area contributed by atoms with Crippen LogP contribution in [0.1, 0.15) is 35.2 Å². The molecule has 1 atom stereocenters. The Morgan fingerprint density at radius 2 is 2.07 bits per heavy atom. The number of thiophene rings is 1. The molecule has 1 amide bonds. The number of benzene rings is 1. The summed E-state index contributed by atoms with van der Waals surface area (Å²) in [6.45, 7) is 1.26. The number of likely N-dealkylation sites (tertiary alicyclic amines) is 1. The second-order valence-corrected chi connectivity index (χ2v) is 7.61. The van der Waals surface area contributed by atoms with Crippen molar-refractivity contribution in [3.63, 3.8) is 0 Å². The molecule has 0 radical (unpaired) electrons. The van der Waals surface area contributed by atoms with E-state index in [4.69, 9.17) is 8.83 Å². The molecule has 1 aliphatic heterocycles. The molecule has 1 unspecified atom stereocenters. The number of hydrogen-bond donors (Lipinski definition) is 0. The zero-order valence-corrected chi connectivity index (χ0v) is 15.3. The van der Waals surface area contributed by atoms with Crippen molar-refractivity contribution < 1.29 is 13.6 Å². The summed E-state index contributed by atoms with van der Waals surface area (Å²) in [5.41, 5.74) is 0.729. The smallest absolute Gasteiger partial charge is 0.289 e. The normalized spacial score (nSPS) is 17.5. The fourth-order valence-electron chi connectivity index (χ4n) is 3.51. The lowest BCUT2D eigenvalue weighted by Crippen LogP contribution is -2.39. The van der Waals surface area contributed by atoms with Gasteiger partial charge in [-0.15, -0.1) is 21.5 Å².